The highest BCUT2D eigenvalue weighted by Crippen LogP contribution is 2.09. The van der Waals surface area contributed by atoms with E-state index in [1.54, 1.807) is 6.21 Å². The summed E-state index contributed by atoms with van der Waals surface area (Å²) >= 11 is 5.60. The van der Waals surface area contributed by atoms with Crippen LogP contribution in [0.3, 0.4) is 0 Å². The molecule has 10 heavy (non-hydrogen) atoms. The molecule has 2 heteroatoms. The Hall–Kier alpha value is -0.560. The van der Waals surface area contributed by atoms with Crippen molar-refractivity contribution in [2.45, 2.75) is 13.3 Å². The van der Waals surface area contributed by atoms with Crippen LogP contribution in [-0.2, 0) is 0 Å². The summed E-state index contributed by atoms with van der Waals surface area (Å²) in [5.41, 5.74) is 2.29. The highest BCUT2D eigenvalue weighted by atomic mass is 35.5. The van der Waals surface area contributed by atoms with Crippen molar-refractivity contribution >= 4 is 17.8 Å². The van der Waals surface area contributed by atoms with E-state index in [0.29, 0.717) is 5.88 Å². The van der Waals surface area contributed by atoms with Gasteiger partial charge >= 0.3 is 0 Å². The number of halogens is 1. The molecule has 0 saturated carbocycles. The molecule has 54 valence electrons. The van der Waals surface area contributed by atoms with E-state index in [1.165, 1.54) is 5.57 Å². The van der Waals surface area contributed by atoms with Gasteiger partial charge in [-0.25, -0.2) is 0 Å². The van der Waals surface area contributed by atoms with Crippen molar-refractivity contribution in [3.05, 3.63) is 23.4 Å². The quantitative estimate of drug-likeness (QED) is 0.516. The van der Waals surface area contributed by atoms with Crippen LogP contribution < -0.4 is 0 Å². The second kappa shape index (κ2) is 3.57. The fraction of sp³-hybridized carbons (Fsp3) is 0.375. The topological polar surface area (TPSA) is 12.4 Å². The molecule has 0 radical (unpaired) electrons. The van der Waals surface area contributed by atoms with Crippen molar-refractivity contribution < 1.29 is 0 Å². The number of hydrogen-bond acceptors (Lipinski definition) is 1. The molecular weight excluding hydrogens is 146 g/mol. The fourth-order valence-electron chi connectivity index (χ4n) is 0.749. The van der Waals surface area contributed by atoms with Crippen LogP contribution >= 0.6 is 11.6 Å². The van der Waals surface area contributed by atoms with Crippen LogP contribution in [0.25, 0.3) is 0 Å². The Balaban J connectivity index is 2.69. The lowest BCUT2D eigenvalue weighted by Gasteiger charge is -1.91. The smallest absolute Gasteiger partial charge is 0.0644 e. The Morgan fingerprint density at radius 2 is 2.50 bits per heavy atom. The predicted octanol–water partition coefficient (Wildman–Crippen LogP) is 2.53. The summed E-state index contributed by atoms with van der Waals surface area (Å²) in [6.07, 6.45) is 6.84. The van der Waals surface area contributed by atoms with Crippen molar-refractivity contribution in [3.63, 3.8) is 0 Å². The third-order valence-corrected chi connectivity index (χ3v) is 1.67. The first-order valence-electron chi connectivity index (χ1n) is 3.28. The van der Waals surface area contributed by atoms with Crippen LogP contribution in [0.4, 0.5) is 0 Å². The second-order valence-electron chi connectivity index (χ2n) is 2.32. The normalized spacial score (nSPS) is 17.8. The molecule has 1 aliphatic heterocycles. The fourth-order valence-corrected chi connectivity index (χ4v) is 0.927. The van der Waals surface area contributed by atoms with Gasteiger partial charge in [-0.15, -0.1) is 11.6 Å². The molecule has 0 N–H and O–H groups in total. The summed E-state index contributed by atoms with van der Waals surface area (Å²) in [7, 11) is 0. The molecule has 0 aromatic carbocycles. The molecule has 1 rings (SSSR count). The van der Waals surface area contributed by atoms with E-state index in [9.17, 15) is 0 Å². The van der Waals surface area contributed by atoms with E-state index < -0.39 is 0 Å². The van der Waals surface area contributed by atoms with E-state index >= 15 is 0 Å². The summed E-state index contributed by atoms with van der Waals surface area (Å²) < 4.78 is 0. The van der Waals surface area contributed by atoms with Crippen molar-refractivity contribution in [1.82, 2.24) is 0 Å². The molecule has 0 amide bonds. The summed E-state index contributed by atoms with van der Waals surface area (Å²) in [5, 5.41) is 0. The number of rotatable bonds is 1. The molecule has 1 heterocycles. The van der Waals surface area contributed by atoms with Crippen LogP contribution in [0.5, 0.6) is 0 Å². The number of nitrogens with zero attached hydrogens (tertiary/aromatic N) is 1. The van der Waals surface area contributed by atoms with Crippen LogP contribution in [0.15, 0.2) is 28.4 Å². The molecule has 1 aliphatic rings. The first-order chi connectivity index (χ1) is 4.83. The summed E-state index contributed by atoms with van der Waals surface area (Å²) in [6, 6.07) is 0. The minimum absolute atomic E-state index is 0.512. The lowest BCUT2D eigenvalue weighted by atomic mass is 10.2. The Bertz CT molecular complexity index is 201. The average Bonchev–Trinajstić information content (AvgIpc) is 2.14. The largest absolute Gasteiger partial charge is 0.260 e. The maximum atomic E-state index is 5.60. The Kier molecular flexibility index (Phi) is 2.69. The zero-order valence-electron chi connectivity index (χ0n) is 5.97. The third-order valence-electron chi connectivity index (χ3n) is 1.40. The van der Waals surface area contributed by atoms with Crippen LogP contribution in [0.2, 0.25) is 0 Å². The Labute approximate surface area is 66.1 Å². The first kappa shape index (κ1) is 7.55. The SMILES string of the molecule is CC1=CC=NC(CCl)=CC1. The minimum Gasteiger partial charge on any atom is -0.260 e. The van der Waals surface area contributed by atoms with Crippen molar-refractivity contribution in [2.75, 3.05) is 5.88 Å². The molecule has 0 aromatic heterocycles. The maximum Gasteiger partial charge on any atom is 0.0644 e. The molecule has 1 nitrogen and oxygen atoms in total. The number of alkyl halides is 1. The summed E-state index contributed by atoms with van der Waals surface area (Å²) in [5.74, 6) is 0.512. The van der Waals surface area contributed by atoms with Crippen molar-refractivity contribution in [3.8, 4) is 0 Å². The molecule has 0 saturated heterocycles. The van der Waals surface area contributed by atoms with Crippen LogP contribution in [0, 0.1) is 0 Å². The van der Waals surface area contributed by atoms with E-state index in [0.717, 1.165) is 12.1 Å². The third kappa shape index (κ3) is 1.99. The highest BCUT2D eigenvalue weighted by molar-refractivity contribution is 6.19. The minimum atomic E-state index is 0.512. The molecule has 0 aliphatic carbocycles. The van der Waals surface area contributed by atoms with Gasteiger partial charge in [0.1, 0.15) is 0 Å². The van der Waals surface area contributed by atoms with Gasteiger partial charge in [0.2, 0.25) is 0 Å². The van der Waals surface area contributed by atoms with Gasteiger partial charge in [-0.05, 0) is 19.4 Å². The van der Waals surface area contributed by atoms with Crippen molar-refractivity contribution in [1.29, 1.82) is 0 Å². The number of allylic oxidation sites excluding steroid dienone is 4. The van der Waals surface area contributed by atoms with Crippen LogP contribution in [0.1, 0.15) is 13.3 Å². The maximum absolute atomic E-state index is 5.60. The zero-order chi connectivity index (χ0) is 7.40. The molecule has 0 atom stereocenters. The molecular formula is C8H10ClN. The summed E-state index contributed by atoms with van der Waals surface area (Å²) in [4.78, 5) is 4.12. The number of aliphatic imine (C=N–C) groups is 1. The van der Waals surface area contributed by atoms with E-state index in [-0.39, 0.29) is 0 Å². The molecule has 0 aromatic rings. The van der Waals surface area contributed by atoms with Crippen molar-refractivity contribution in [2.24, 2.45) is 4.99 Å². The van der Waals surface area contributed by atoms with E-state index in [2.05, 4.69) is 18.0 Å². The predicted molar refractivity (Wildman–Crippen MR) is 45.7 cm³/mol. The lowest BCUT2D eigenvalue weighted by molar-refractivity contribution is 1.18. The molecule has 0 bridgehead atoms. The average molecular weight is 156 g/mol. The molecule has 0 unspecified atom stereocenters. The van der Waals surface area contributed by atoms with E-state index in [1.807, 2.05) is 6.08 Å². The monoisotopic (exact) mass is 155 g/mol. The van der Waals surface area contributed by atoms with Gasteiger partial charge in [0.15, 0.2) is 0 Å². The highest BCUT2D eigenvalue weighted by Gasteiger charge is 1.94. The Morgan fingerprint density at radius 3 is 3.20 bits per heavy atom. The van der Waals surface area contributed by atoms with Gasteiger partial charge in [-0.2, -0.15) is 0 Å². The summed E-state index contributed by atoms with van der Waals surface area (Å²) in [6.45, 7) is 2.08. The Morgan fingerprint density at radius 1 is 1.70 bits per heavy atom. The standard InChI is InChI=1S/C8H10ClN/c1-7-2-3-8(6-9)10-5-4-7/h3-5H,2,6H2,1H3. The first-order valence-corrected chi connectivity index (χ1v) is 3.81. The van der Waals surface area contributed by atoms with Gasteiger partial charge in [0, 0.05) is 6.21 Å². The number of hydrogen-bond donors (Lipinski definition) is 0. The van der Waals surface area contributed by atoms with Crippen LogP contribution in [-0.4, -0.2) is 12.1 Å². The van der Waals surface area contributed by atoms with E-state index in [4.69, 9.17) is 11.6 Å². The lowest BCUT2D eigenvalue weighted by Crippen LogP contribution is -1.77. The van der Waals surface area contributed by atoms with Gasteiger partial charge in [-0.1, -0.05) is 11.6 Å². The molecule has 0 fully saturated rings. The second-order valence-corrected chi connectivity index (χ2v) is 2.59. The van der Waals surface area contributed by atoms with Gasteiger partial charge in [0.25, 0.3) is 0 Å². The zero-order valence-corrected chi connectivity index (χ0v) is 6.73. The van der Waals surface area contributed by atoms with Gasteiger partial charge in [0.05, 0.1) is 11.6 Å². The van der Waals surface area contributed by atoms with Gasteiger partial charge < -0.3 is 0 Å². The molecule has 0 spiro atoms. The van der Waals surface area contributed by atoms with Gasteiger partial charge in [-0.3, -0.25) is 4.99 Å².